The fourth-order valence-electron chi connectivity index (χ4n) is 3.71. The maximum Gasteiger partial charge on any atom is 0.220 e. The summed E-state index contributed by atoms with van der Waals surface area (Å²) in [4.78, 5) is 1.88. The smallest absolute Gasteiger partial charge is 0.220 e. The van der Waals surface area contributed by atoms with Gasteiger partial charge in [0.25, 0.3) is 0 Å². The van der Waals surface area contributed by atoms with E-state index in [9.17, 15) is 10.5 Å². The van der Waals surface area contributed by atoms with Gasteiger partial charge in [0.15, 0.2) is 5.57 Å². The van der Waals surface area contributed by atoms with Crippen LogP contribution in [0.15, 0.2) is 108 Å². The standard InChI is InChI=1S/C25H21N7/c26-16-18(17-27)23-15-24(29)32(22-13-11-20(28)12-14-22)25(31-23,19-7-3-1-4-8-19)30-21-9-5-2-6-10-21/h1-15,30-31H,28-29H2. The first-order valence-electron chi connectivity index (χ1n) is 9.92. The largest absolute Gasteiger partial charge is 0.399 e. The Bertz CT molecular complexity index is 1230. The van der Waals surface area contributed by atoms with Crippen LogP contribution in [0, 0.1) is 22.7 Å². The Balaban J connectivity index is 2.02. The molecule has 7 nitrogen and oxygen atoms in total. The minimum Gasteiger partial charge on any atom is -0.399 e. The highest BCUT2D eigenvalue weighted by Gasteiger charge is 2.44. The first kappa shape index (κ1) is 20.4. The topological polar surface area (TPSA) is 127 Å². The van der Waals surface area contributed by atoms with Crippen molar-refractivity contribution in [2.24, 2.45) is 5.73 Å². The number of rotatable bonds is 4. The Morgan fingerprint density at radius 2 is 1.44 bits per heavy atom. The second-order valence-corrected chi connectivity index (χ2v) is 7.20. The molecule has 1 aliphatic heterocycles. The quantitative estimate of drug-likeness (QED) is 0.375. The van der Waals surface area contributed by atoms with Gasteiger partial charge in [-0.15, -0.1) is 0 Å². The van der Waals surface area contributed by atoms with Gasteiger partial charge in [0.05, 0.1) is 5.70 Å². The van der Waals surface area contributed by atoms with E-state index in [1.165, 1.54) is 0 Å². The average Bonchev–Trinajstić information content (AvgIpc) is 2.82. The molecule has 0 saturated carbocycles. The molecule has 1 unspecified atom stereocenters. The third-order valence-corrected chi connectivity index (χ3v) is 5.14. The van der Waals surface area contributed by atoms with Crippen molar-refractivity contribution in [3.63, 3.8) is 0 Å². The molecule has 1 aliphatic rings. The predicted molar refractivity (Wildman–Crippen MR) is 125 cm³/mol. The van der Waals surface area contributed by atoms with Gasteiger partial charge in [-0.25, -0.2) is 0 Å². The van der Waals surface area contributed by atoms with Crippen molar-refractivity contribution >= 4 is 17.1 Å². The second-order valence-electron chi connectivity index (χ2n) is 7.20. The highest BCUT2D eigenvalue weighted by Crippen LogP contribution is 2.38. The molecule has 0 spiro atoms. The van der Waals surface area contributed by atoms with Crippen molar-refractivity contribution in [2.75, 3.05) is 16.0 Å². The Hall–Kier alpha value is -4.88. The molecule has 1 atom stereocenters. The molecule has 156 valence electrons. The van der Waals surface area contributed by atoms with Gasteiger partial charge in [-0.2, -0.15) is 10.5 Å². The summed E-state index contributed by atoms with van der Waals surface area (Å²) in [6, 6.07) is 30.5. The summed E-state index contributed by atoms with van der Waals surface area (Å²) in [7, 11) is 0. The van der Waals surface area contributed by atoms with Crippen LogP contribution in [-0.2, 0) is 5.79 Å². The maximum absolute atomic E-state index is 9.52. The van der Waals surface area contributed by atoms with Crippen molar-refractivity contribution in [1.29, 1.82) is 10.5 Å². The Morgan fingerprint density at radius 3 is 2.03 bits per heavy atom. The number of benzene rings is 3. The second kappa shape index (κ2) is 8.47. The van der Waals surface area contributed by atoms with Crippen molar-refractivity contribution < 1.29 is 0 Å². The average molecular weight is 419 g/mol. The van der Waals surface area contributed by atoms with E-state index in [4.69, 9.17) is 11.5 Å². The summed E-state index contributed by atoms with van der Waals surface area (Å²) in [5, 5.41) is 26.0. The summed E-state index contributed by atoms with van der Waals surface area (Å²) in [5.41, 5.74) is 15.8. The number of allylic oxidation sites excluding steroid dienone is 2. The lowest BCUT2D eigenvalue weighted by Crippen LogP contribution is -2.64. The highest BCUT2D eigenvalue weighted by atomic mass is 15.5. The highest BCUT2D eigenvalue weighted by molar-refractivity contribution is 5.66. The summed E-state index contributed by atoms with van der Waals surface area (Å²) >= 11 is 0. The van der Waals surface area contributed by atoms with Gasteiger partial charge in [0.2, 0.25) is 5.79 Å². The molecule has 6 N–H and O–H groups in total. The minimum absolute atomic E-state index is 0.0694. The molecule has 4 rings (SSSR count). The molecule has 32 heavy (non-hydrogen) atoms. The molecule has 0 saturated heterocycles. The van der Waals surface area contributed by atoms with Crippen LogP contribution in [0.1, 0.15) is 5.56 Å². The van der Waals surface area contributed by atoms with E-state index in [0.29, 0.717) is 17.2 Å². The van der Waals surface area contributed by atoms with Crippen LogP contribution in [0.5, 0.6) is 0 Å². The zero-order valence-corrected chi connectivity index (χ0v) is 17.2. The summed E-state index contributed by atoms with van der Waals surface area (Å²) in [6.07, 6.45) is 1.59. The minimum atomic E-state index is -1.15. The predicted octanol–water partition coefficient (Wildman–Crippen LogP) is 3.70. The third kappa shape index (κ3) is 3.67. The molecule has 3 aromatic carbocycles. The van der Waals surface area contributed by atoms with Gasteiger partial charge in [-0.3, -0.25) is 4.90 Å². The lowest BCUT2D eigenvalue weighted by atomic mass is 9.99. The summed E-state index contributed by atoms with van der Waals surface area (Å²) in [5.74, 6) is -0.801. The maximum atomic E-state index is 9.52. The van der Waals surface area contributed by atoms with Gasteiger partial charge in [0, 0.05) is 28.7 Å². The molecule has 7 heteroatoms. The van der Waals surface area contributed by atoms with E-state index in [1.807, 2.05) is 89.8 Å². The molecule has 0 fully saturated rings. The van der Waals surface area contributed by atoms with E-state index in [0.717, 1.165) is 16.9 Å². The van der Waals surface area contributed by atoms with Crippen molar-refractivity contribution in [3.8, 4) is 12.1 Å². The van der Waals surface area contributed by atoms with Crippen LogP contribution in [0.2, 0.25) is 0 Å². The van der Waals surface area contributed by atoms with Crippen LogP contribution in [-0.4, -0.2) is 0 Å². The molecule has 0 aliphatic carbocycles. The number of hydrogen-bond donors (Lipinski definition) is 4. The number of nitrogens with zero attached hydrogens (tertiary/aromatic N) is 3. The molecule has 0 aromatic heterocycles. The normalized spacial score (nSPS) is 17.4. The van der Waals surface area contributed by atoms with E-state index in [1.54, 1.807) is 18.2 Å². The fraction of sp³-hybridized carbons (Fsp3) is 0.0400. The fourth-order valence-corrected chi connectivity index (χ4v) is 3.71. The van der Waals surface area contributed by atoms with Gasteiger partial charge in [-0.05, 0) is 36.4 Å². The van der Waals surface area contributed by atoms with Gasteiger partial charge >= 0.3 is 0 Å². The number of hydrogen-bond acceptors (Lipinski definition) is 7. The first-order valence-corrected chi connectivity index (χ1v) is 9.92. The van der Waals surface area contributed by atoms with Crippen molar-refractivity contribution in [1.82, 2.24) is 5.32 Å². The number of para-hydroxylation sites is 1. The summed E-state index contributed by atoms with van der Waals surface area (Å²) in [6.45, 7) is 0. The van der Waals surface area contributed by atoms with Crippen LogP contribution >= 0.6 is 0 Å². The Labute approximate surface area is 186 Å². The number of nitriles is 2. The molecular formula is C25H21N7. The van der Waals surface area contributed by atoms with E-state index in [-0.39, 0.29) is 5.57 Å². The van der Waals surface area contributed by atoms with Crippen molar-refractivity contribution in [3.05, 3.63) is 114 Å². The summed E-state index contributed by atoms with van der Waals surface area (Å²) < 4.78 is 0. The molecular weight excluding hydrogens is 398 g/mol. The molecule has 0 amide bonds. The van der Waals surface area contributed by atoms with E-state index < -0.39 is 5.79 Å². The number of nitrogens with one attached hydrogen (secondary N) is 2. The number of nitrogens with two attached hydrogens (primary N) is 2. The van der Waals surface area contributed by atoms with Crippen LogP contribution in [0.25, 0.3) is 0 Å². The van der Waals surface area contributed by atoms with Crippen LogP contribution < -0.4 is 27.0 Å². The zero-order valence-electron chi connectivity index (χ0n) is 17.2. The van der Waals surface area contributed by atoms with Crippen molar-refractivity contribution in [2.45, 2.75) is 5.79 Å². The van der Waals surface area contributed by atoms with Gasteiger partial charge in [0.1, 0.15) is 18.0 Å². The zero-order chi connectivity index (χ0) is 22.6. The van der Waals surface area contributed by atoms with Gasteiger partial charge < -0.3 is 22.1 Å². The molecule has 1 heterocycles. The molecule has 0 radical (unpaired) electrons. The number of nitrogen functional groups attached to an aromatic ring is 1. The Kier molecular flexibility index (Phi) is 5.40. The molecule has 3 aromatic rings. The third-order valence-electron chi connectivity index (χ3n) is 5.14. The van der Waals surface area contributed by atoms with Crippen LogP contribution in [0.3, 0.4) is 0 Å². The van der Waals surface area contributed by atoms with E-state index >= 15 is 0 Å². The van der Waals surface area contributed by atoms with Crippen LogP contribution in [0.4, 0.5) is 17.1 Å². The lowest BCUT2D eigenvalue weighted by molar-refractivity contribution is 0.404. The molecule has 0 bridgehead atoms. The Morgan fingerprint density at radius 1 is 0.844 bits per heavy atom. The van der Waals surface area contributed by atoms with E-state index in [2.05, 4.69) is 10.6 Å². The monoisotopic (exact) mass is 419 g/mol. The SMILES string of the molecule is N#CC(C#N)=C1C=C(N)N(c2ccc(N)cc2)C(Nc2ccccc2)(c2ccccc2)N1. The first-order chi connectivity index (χ1) is 15.6. The lowest BCUT2D eigenvalue weighted by Gasteiger charge is -2.49. The van der Waals surface area contributed by atoms with Gasteiger partial charge in [-0.1, -0.05) is 48.5 Å². The number of anilines is 3.